The van der Waals surface area contributed by atoms with Crippen molar-refractivity contribution in [2.75, 3.05) is 5.32 Å². The van der Waals surface area contributed by atoms with Gasteiger partial charge in [0.2, 0.25) is 5.91 Å². The van der Waals surface area contributed by atoms with Gasteiger partial charge in [-0.3, -0.25) is 4.79 Å². The zero-order valence-corrected chi connectivity index (χ0v) is 9.21. The number of benzene rings is 1. The third-order valence-electron chi connectivity index (χ3n) is 1.62. The molecule has 0 heterocycles. The third kappa shape index (κ3) is 2.86. The fourth-order valence-electron chi connectivity index (χ4n) is 0.908. The normalized spacial score (nSPS) is 11.5. The Balaban J connectivity index is 2.78. The second-order valence-corrected chi connectivity index (χ2v) is 4.17. The van der Waals surface area contributed by atoms with Gasteiger partial charge in [-0.05, 0) is 25.1 Å². The molecule has 0 saturated heterocycles. The first-order valence-electron chi connectivity index (χ1n) is 4.08. The molecule has 0 unspecified atom stereocenters. The van der Waals surface area contributed by atoms with Crippen molar-refractivity contribution in [3.05, 3.63) is 29.8 Å². The number of carbonyl (C=O) groups excluding carboxylic acids is 1. The highest BCUT2D eigenvalue weighted by Crippen LogP contribution is 2.11. The molecule has 1 aromatic carbocycles. The Morgan fingerprint density at radius 3 is 2.93 bits per heavy atom. The molecule has 3 nitrogen and oxygen atoms in total. The van der Waals surface area contributed by atoms with Gasteiger partial charge in [0.25, 0.3) is 0 Å². The van der Waals surface area contributed by atoms with Crippen LogP contribution in [0.2, 0.25) is 0 Å². The molecule has 0 aliphatic rings. The fourth-order valence-corrected chi connectivity index (χ4v) is 1.02. The van der Waals surface area contributed by atoms with Crippen LogP contribution in [-0.2, 0) is 4.79 Å². The quantitative estimate of drug-likeness (QED) is 0.822. The lowest BCUT2D eigenvalue weighted by atomic mass is 10.2. The number of rotatable bonds is 2. The first kappa shape index (κ1) is 10.7. The molecule has 0 saturated carbocycles. The van der Waals surface area contributed by atoms with E-state index in [1.54, 1.807) is 31.2 Å². The van der Waals surface area contributed by atoms with Crippen LogP contribution in [-0.4, -0.2) is 10.7 Å². The van der Waals surface area contributed by atoms with Gasteiger partial charge in [0.15, 0.2) is 0 Å². The van der Waals surface area contributed by atoms with Crippen molar-refractivity contribution in [1.82, 2.24) is 0 Å². The van der Waals surface area contributed by atoms with Crippen LogP contribution in [0.4, 0.5) is 5.69 Å². The summed E-state index contributed by atoms with van der Waals surface area (Å²) in [6.45, 7) is 1.74. The summed E-state index contributed by atoms with van der Waals surface area (Å²) < 4.78 is 0. The number of anilines is 1. The molecule has 1 atom stereocenters. The topological polar surface area (TPSA) is 52.9 Å². The summed E-state index contributed by atoms with van der Waals surface area (Å²) in [5, 5.41) is 11.3. The number of halogens is 1. The van der Waals surface area contributed by atoms with E-state index in [0.29, 0.717) is 11.3 Å². The highest BCUT2D eigenvalue weighted by molar-refractivity contribution is 9.10. The highest BCUT2D eigenvalue weighted by Gasteiger charge is 2.08. The maximum Gasteiger partial charge on any atom is 0.237 e. The first-order valence-corrected chi connectivity index (χ1v) is 5.00. The van der Waals surface area contributed by atoms with E-state index in [2.05, 4.69) is 21.2 Å². The van der Waals surface area contributed by atoms with Crippen LogP contribution < -0.4 is 5.32 Å². The van der Waals surface area contributed by atoms with Crippen molar-refractivity contribution in [1.29, 1.82) is 5.26 Å². The van der Waals surface area contributed by atoms with Gasteiger partial charge in [-0.15, -0.1) is 0 Å². The molecule has 0 radical (unpaired) electrons. The fraction of sp³-hybridized carbons (Fsp3) is 0.200. The number of nitriles is 1. The summed E-state index contributed by atoms with van der Waals surface area (Å²) in [7, 11) is 0. The van der Waals surface area contributed by atoms with E-state index in [1.807, 2.05) is 6.07 Å². The van der Waals surface area contributed by atoms with Crippen molar-refractivity contribution >= 4 is 27.5 Å². The summed E-state index contributed by atoms with van der Waals surface area (Å²) in [6.07, 6.45) is 0. The zero-order chi connectivity index (χ0) is 10.6. The molecule has 1 aromatic rings. The lowest BCUT2D eigenvalue weighted by Crippen LogP contribution is -2.19. The van der Waals surface area contributed by atoms with Crippen molar-refractivity contribution in [2.24, 2.45) is 0 Å². The molecule has 1 amide bonds. The second-order valence-electron chi connectivity index (χ2n) is 2.80. The van der Waals surface area contributed by atoms with Gasteiger partial charge in [-0.1, -0.05) is 22.0 Å². The van der Waals surface area contributed by atoms with Crippen LogP contribution in [0.1, 0.15) is 12.5 Å². The predicted octanol–water partition coefficient (Wildman–Crippen LogP) is 2.28. The minimum atomic E-state index is -0.242. The molecule has 0 fully saturated rings. The number of carbonyl (C=O) groups is 1. The Labute approximate surface area is 90.9 Å². The maximum absolute atomic E-state index is 11.3. The minimum Gasteiger partial charge on any atom is -0.325 e. The molecule has 0 spiro atoms. The van der Waals surface area contributed by atoms with Gasteiger partial charge in [-0.2, -0.15) is 5.26 Å². The molecular formula is C10H9BrN2O. The monoisotopic (exact) mass is 252 g/mol. The van der Waals surface area contributed by atoms with Crippen LogP contribution >= 0.6 is 15.9 Å². The third-order valence-corrected chi connectivity index (χ3v) is 2.04. The maximum atomic E-state index is 11.3. The van der Waals surface area contributed by atoms with Crippen molar-refractivity contribution in [2.45, 2.75) is 11.8 Å². The molecule has 0 aliphatic carbocycles. The average Bonchev–Trinajstić information content (AvgIpc) is 2.18. The summed E-state index contributed by atoms with van der Waals surface area (Å²) >= 11 is 3.16. The summed E-state index contributed by atoms with van der Waals surface area (Å²) in [6, 6.07) is 8.80. The number of nitrogens with zero attached hydrogens (tertiary/aromatic N) is 1. The molecule has 14 heavy (non-hydrogen) atoms. The SMILES string of the molecule is C[C@@H](Br)C(=O)Nc1cccc(C#N)c1. The van der Waals surface area contributed by atoms with E-state index >= 15 is 0 Å². The molecule has 0 bridgehead atoms. The van der Waals surface area contributed by atoms with E-state index < -0.39 is 0 Å². The molecule has 72 valence electrons. The average molecular weight is 253 g/mol. The number of hydrogen-bond acceptors (Lipinski definition) is 2. The molecule has 0 aliphatic heterocycles. The Bertz CT molecular complexity index is 382. The Kier molecular flexibility index (Phi) is 3.66. The number of hydrogen-bond donors (Lipinski definition) is 1. The van der Waals surface area contributed by atoms with Gasteiger partial charge in [0.1, 0.15) is 0 Å². The molecule has 1 rings (SSSR count). The van der Waals surface area contributed by atoms with Gasteiger partial charge < -0.3 is 5.32 Å². The van der Waals surface area contributed by atoms with Crippen LogP contribution in [0.5, 0.6) is 0 Å². The molecular weight excluding hydrogens is 244 g/mol. The molecule has 4 heteroatoms. The van der Waals surface area contributed by atoms with Crippen molar-refractivity contribution < 1.29 is 4.79 Å². The van der Waals surface area contributed by atoms with Crippen LogP contribution in [0, 0.1) is 11.3 Å². The summed E-state index contributed by atoms with van der Waals surface area (Å²) in [5.41, 5.74) is 1.17. The van der Waals surface area contributed by atoms with Gasteiger partial charge in [0, 0.05) is 5.69 Å². The number of nitrogens with one attached hydrogen (secondary N) is 1. The van der Waals surface area contributed by atoms with Crippen LogP contribution in [0.25, 0.3) is 0 Å². The lowest BCUT2D eigenvalue weighted by Gasteiger charge is -2.06. The Morgan fingerprint density at radius 1 is 1.64 bits per heavy atom. The smallest absolute Gasteiger partial charge is 0.237 e. The summed E-state index contributed by atoms with van der Waals surface area (Å²) in [4.78, 5) is 11.0. The van der Waals surface area contributed by atoms with Crippen molar-refractivity contribution in [3.63, 3.8) is 0 Å². The van der Waals surface area contributed by atoms with Gasteiger partial charge >= 0.3 is 0 Å². The largest absolute Gasteiger partial charge is 0.325 e. The second kappa shape index (κ2) is 4.77. The van der Waals surface area contributed by atoms with E-state index in [1.165, 1.54) is 0 Å². The molecule has 1 N–H and O–H groups in total. The Morgan fingerprint density at radius 2 is 2.36 bits per heavy atom. The lowest BCUT2D eigenvalue weighted by molar-refractivity contribution is -0.115. The number of amides is 1. The Hall–Kier alpha value is -1.34. The van der Waals surface area contributed by atoms with E-state index in [9.17, 15) is 4.79 Å². The highest BCUT2D eigenvalue weighted by atomic mass is 79.9. The first-order chi connectivity index (χ1) is 6.63. The number of alkyl halides is 1. The predicted molar refractivity (Wildman–Crippen MR) is 58.2 cm³/mol. The van der Waals surface area contributed by atoms with Gasteiger partial charge in [0.05, 0.1) is 16.5 Å². The van der Waals surface area contributed by atoms with E-state index in [-0.39, 0.29) is 10.7 Å². The van der Waals surface area contributed by atoms with Crippen molar-refractivity contribution in [3.8, 4) is 6.07 Å². The van der Waals surface area contributed by atoms with E-state index in [0.717, 1.165) is 0 Å². The minimum absolute atomic E-state index is 0.125. The van der Waals surface area contributed by atoms with Crippen LogP contribution in [0.15, 0.2) is 24.3 Å². The zero-order valence-electron chi connectivity index (χ0n) is 7.62. The van der Waals surface area contributed by atoms with E-state index in [4.69, 9.17) is 5.26 Å². The van der Waals surface area contributed by atoms with Crippen LogP contribution in [0.3, 0.4) is 0 Å². The molecule has 0 aromatic heterocycles. The van der Waals surface area contributed by atoms with Gasteiger partial charge in [-0.25, -0.2) is 0 Å². The summed E-state index contributed by atoms with van der Waals surface area (Å²) in [5.74, 6) is -0.125. The standard InChI is InChI=1S/C10H9BrN2O/c1-7(11)10(14)13-9-4-2-3-8(5-9)6-12/h2-5,7H,1H3,(H,13,14)/t7-/m1/s1.